The van der Waals surface area contributed by atoms with E-state index in [9.17, 15) is 0 Å². The van der Waals surface area contributed by atoms with Crippen LogP contribution in [0.5, 0.6) is 0 Å². The van der Waals surface area contributed by atoms with Crippen LogP contribution in [0.2, 0.25) is 0 Å². The highest BCUT2D eigenvalue weighted by Crippen LogP contribution is 2.08. The molecule has 15 heavy (non-hydrogen) atoms. The Morgan fingerprint density at radius 1 is 1.47 bits per heavy atom. The zero-order valence-electron chi connectivity index (χ0n) is 9.86. The average molecular weight is 211 g/mol. The van der Waals surface area contributed by atoms with Crippen LogP contribution in [0.15, 0.2) is 12.5 Å². The highest BCUT2D eigenvalue weighted by Gasteiger charge is 2.04. The minimum absolute atomic E-state index is 0.487. The zero-order chi connectivity index (χ0) is 11.1. The Morgan fingerprint density at radius 3 is 2.93 bits per heavy atom. The Balaban J connectivity index is 2.28. The lowest BCUT2D eigenvalue weighted by atomic mass is 10.3. The van der Waals surface area contributed by atoms with Crippen LogP contribution in [-0.4, -0.2) is 36.4 Å². The predicted octanol–water partition coefficient (Wildman–Crippen LogP) is 1.24. The van der Waals surface area contributed by atoms with Gasteiger partial charge in [0.15, 0.2) is 0 Å². The quantitative estimate of drug-likeness (QED) is 0.690. The molecule has 1 aromatic heterocycles. The van der Waals surface area contributed by atoms with Crippen molar-refractivity contribution in [3.8, 4) is 0 Å². The van der Waals surface area contributed by atoms with Gasteiger partial charge in [-0.15, -0.1) is 0 Å². The third-order valence-corrected chi connectivity index (χ3v) is 2.34. The molecule has 1 rings (SSSR count). The molecular weight excluding hydrogens is 190 g/mol. The molecule has 0 unspecified atom stereocenters. The normalized spacial score (nSPS) is 11.2. The molecule has 0 aliphatic rings. The van der Waals surface area contributed by atoms with E-state index in [1.807, 2.05) is 12.5 Å². The maximum atomic E-state index is 4.96. The molecule has 0 saturated heterocycles. The molecule has 1 N–H and O–H groups in total. The fraction of sp³-hybridized carbons (Fsp3) is 0.727. The summed E-state index contributed by atoms with van der Waals surface area (Å²) in [6.07, 6.45) is 4.86. The molecule has 0 aliphatic heterocycles. The van der Waals surface area contributed by atoms with Crippen LogP contribution in [0.25, 0.3) is 0 Å². The van der Waals surface area contributed by atoms with Gasteiger partial charge in [-0.2, -0.15) is 0 Å². The highest BCUT2D eigenvalue weighted by atomic mass is 16.5. The maximum absolute atomic E-state index is 4.96. The third-order valence-electron chi connectivity index (χ3n) is 2.34. The number of hydrogen-bond acceptors (Lipinski definition) is 3. The minimum Gasteiger partial charge on any atom is -0.383 e. The summed E-state index contributed by atoms with van der Waals surface area (Å²) in [7, 11) is 1.72. The van der Waals surface area contributed by atoms with Crippen molar-refractivity contribution in [3.05, 3.63) is 18.2 Å². The lowest BCUT2D eigenvalue weighted by molar-refractivity contribution is 0.199. The minimum atomic E-state index is 0.487. The second-order valence-electron chi connectivity index (χ2n) is 3.88. The van der Waals surface area contributed by atoms with Crippen LogP contribution in [0.3, 0.4) is 0 Å². The molecule has 0 fully saturated rings. The van der Waals surface area contributed by atoms with Crippen LogP contribution in [0, 0.1) is 0 Å². The van der Waals surface area contributed by atoms with Crippen molar-refractivity contribution in [2.24, 2.45) is 0 Å². The summed E-state index contributed by atoms with van der Waals surface area (Å²) < 4.78 is 7.17. The Morgan fingerprint density at radius 2 is 2.27 bits per heavy atom. The first-order valence-corrected chi connectivity index (χ1v) is 5.46. The van der Waals surface area contributed by atoms with Crippen molar-refractivity contribution in [1.82, 2.24) is 14.9 Å². The van der Waals surface area contributed by atoms with Crippen LogP contribution in [0.4, 0.5) is 0 Å². The Hall–Kier alpha value is -0.870. The predicted molar refractivity (Wildman–Crippen MR) is 61.1 cm³/mol. The van der Waals surface area contributed by atoms with Gasteiger partial charge in [-0.05, 0) is 13.8 Å². The topological polar surface area (TPSA) is 39.1 Å². The standard InChI is InChI=1S/C11H21N3O/c1-10(2)14-9-13-8-11(14)4-5-12-6-7-15-3/h8-10,12H,4-7H2,1-3H3. The smallest absolute Gasteiger partial charge is 0.0950 e. The number of hydrogen-bond donors (Lipinski definition) is 1. The molecule has 0 amide bonds. The highest BCUT2D eigenvalue weighted by molar-refractivity contribution is 5.00. The average Bonchev–Trinajstić information content (AvgIpc) is 2.66. The monoisotopic (exact) mass is 211 g/mol. The summed E-state index contributed by atoms with van der Waals surface area (Å²) in [5.74, 6) is 0. The molecule has 0 radical (unpaired) electrons. The van der Waals surface area contributed by atoms with Crippen molar-refractivity contribution in [1.29, 1.82) is 0 Å². The summed E-state index contributed by atoms with van der Waals surface area (Å²) in [6, 6.07) is 0.487. The molecule has 0 spiro atoms. The first-order chi connectivity index (χ1) is 7.25. The Bertz CT molecular complexity index is 271. The number of aromatic nitrogens is 2. The number of nitrogens with one attached hydrogen (secondary N) is 1. The van der Waals surface area contributed by atoms with Crippen molar-refractivity contribution in [3.63, 3.8) is 0 Å². The molecule has 0 bridgehead atoms. The summed E-state index contributed by atoms with van der Waals surface area (Å²) >= 11 is 0. The van der Waals surface area contributed by atoms with Gasteiger partial charge in [-0.1, -0.05) is 0 Å². The van der Waals surface area contributed by atoms with Crippen LogP contribution < -0.4 is 5.32 Å². The van der Waals surface area contributed by atoms with E-state index in [4.69, 9.17) is 4.74 Å². The van der Waals surface area contributed by atoms with Gasteiger partial charge in [-0.25, -0.2) is 4.98 Å². The van der Waals surface area contributed by atoms with Gasteiger partial charge in [0.1, 0.15) is 0 Å². The number of rotatable bonds is 7. The van der Waals surface area contributed by atoms with E-state index in [1.165, 1.54) is 5.69 Å². The molecule has 4 heteroatoms. The van der Waals surface area contributed by atoms with Gasteiger partial charge >= 0.3 is 0 Å². The fourth-order valence-corrected chi connectivity index (χ4v) is 1.51. The molecule has 0 atom stereocenters. The molecule has 0 saturated carbocycles. The number of imidazole rings is 1. The van der Waals surface area contributed by atoms with E-state index >= 15 is 0 Å². The molecule has 1 aromatic rings. The van der Waals surface area contributed by atoms with E-state index in [0.717, 1.165) is 26.1 Å². The van der Waals surface area contributed by atoms with Gasteiger partial charge in [0.2, 0.25) is 0 Å². The fourth-order valence-electron chi connectivity index (χ4n) is 1.51. The molecular formula is C11H21N3O. The van der Waals surface area contributed by atoms with Crippen LogP contribution in [0.1, 0.15) is 25.6 Å². The Labute approximate surface area is 91.7 Å². The summed E-state index contributed by atoms with van der Waals surface area (Å²) in [5.41, 5.74) is 1.29. The zero-order valence-corrected chi connectivity index (χ0v) is 9.86. The summed E-state index contributed by atoms with van der Waals surface area (Å²) in [5, 5.41) is 3.32. The van der Waals surface area contributed by atoms with Crippen molar-refractivity contribution < 1.29 is 4.74 Å². The molecule has 86 valence electrons. The van der Waals surface area contributed by atoms with Crippen molar-refractivity contribution >= 4 is 0 Å². The van der Waals surface area contributed by atoms with Crippen molar-refractivity contribution in [2.75, 3.05) is 26.8 Å². The Kier molecular flexibility index (Phi) is 5.36. The molecule has 0 aromatic carbocycles. The van der Waals surface area contributed by atoms with Gasteiger partial charge < -0.3 is 14.6 Å². The second kappa shape index (κ2) is 6.58. The largest absolute Gasteiger partial charge is 0.383 e. The van der Waals surface area contributed by atoms with E-state index in [2.05, 4.69) is 28.7 Å². The van der Waals surface area contributed by atoms with Crippen LogP contribution >= 0.6 is 0 Å². The van der Waals surface area contributed by atoms with Crippen LogP contribution in [-0.2, 0) is 11.2 Å². The van der Waals surface area contributed by atoms with Gasteiger partial charge in [0, 0.05) is 44.6 Å². The second-order valence-corrected chi connectivity index (χ2v) is 3.88. The maximum Gasteiger partial charge on any atom is 0.0950 e. The first kappa shape index (κ1) is 12.2. The van der Waals surface area contributed by atoms with Gasteiger partial charge in [0.05, 0.1) is 12.9 Å². The number of ether oxygens (including phenoxy) is 1. The lowest BCUT2D eigenvalue weighted by Crippen LogP contribution is -2.22. The molecule has 1 heterocycles. The SMILES string of the molecule is COCCNCCc1cncn1C(C)C. The third kappa shape index (κ3) is 4.01. The number of methoxy groups -OCH3 is 1. The van der Waals surface area contributed by atoms with E-state index < -0.39 is 0 Å². The lowest BCUT2D eigenvalue weighted by Gasteiger charge is -2.11. The van der Waals surface area contributed by atoms with E-state index in [1.54, 1.807) is 7.11 Å². The van der Waals surface area contributed by atoms with Gasteiger partial charge in [0.25, 0.3) is 0 Å². The molecule has 0 aliphatic carbocycles. The molecule has 4 nitrogen and oxygen atoms in total. The van der Waals surface area contributed by atoms with E-state index in [0.29, 0.717) is 6.04 Å². The summed E-state index contributed by atoms with van der Waals surface area (Å²) in [4.78, 5) is 4.17. The van der Waals surface area contributed by atoms with E-state index in [-0.39, 0.29) is 0 Å². The first-order valence-electron chi connectivity index (χ1n) is 5.46. The van der Waals surface area contributed by atoms with Crippen molar-refractivity contribution in [2.45, 2.75) is 26.3 Å². The van der Waals surface area contributed by atoms with Gasteiger partial charge in [-0.3, -0.25) is 0 Å². The summed E-state index contributed by atoms with van der Waals surface area (Å²) in [6.45, 7) is 6.99. The number of nitrogens with zero attached hydrogens (tertiary/aromatic N) is 2.